The van der Waals surface area contributed by atoms with Gasteiger partial charge in [-0.25, -0.2) is 0 Å². The zero-order chi connectivity index (χ0) is 20.8. The molecule has 0 aliphatic carbocycles. The Kier molecular flexibility index (Phi) is 8.20. The number of nitrogens with two attached hydrogens (primary N) is 1. The zero-order valence-corrected chi connectivity index (χ0v) is 17.4. The number of methoxy groups -OCH3 is 1. The van der Waals surface area contributed by atoms with Gasteiger partial charge in [0.15, 0.2) is 0 Å². The number of nitrogens with one attached hydrogen (secondary N) is 2. The fourth-order valence-electron chi connectivity index (χ4n) is 3.20. The van der Waals surface area contributed by atoms with E-state index in [0.29, 0.717) is 35.8 Å². The van der Waals surface area contributed by atoms with Gasteiger partial charge in [-0.2, -0.15) is 0 Å². The van der Waals surface area contributed by atoms with Gasteiger partial charge >= 0.3 is 0 Å². The highest BCUT2D eigenvalue weighted by atomic mass is 35.5. The van der Waals surface area contributed by atoms with Gasteiger partial charge in [-0.15, -0.1) is 12.4 Å². The van der Waals surface area contributed by atoms with E-state index in [2.05, 4.69) is 10.6 Å². The van der Waals surface area contributed by atoms with Crippen molar-refractivity contribution >= 4 is 41.5 Å². The Labute approximate surface area is 181 Å². The molecule has 9 heteroatoms. The fraction of sp³-hybridized carbons (Fsp3) is 0.286. The maximum absolute atomic E-state index is 12.8. The molecule has 4 N–H and O–H groups in total. The Balaban J connectivity index is 0.00000320. The summed E-state index contributed by atoms with van der Waals surface area (Å²) < 4.78 is 5.13. The summed E-state index contributed by atoms with van der Waals surface area (Å²) in [6.07, 6.45) is 0.111. The summed E-state index contributed by atoms with van der Waals surface area (Å²) in [5.74, 6) is -0.546. The predicted octanol–water partition coefficient (Wildman–Crippen LogP) is 1.80. The predicted molar refractivity (Wildman–Crippen MR) is 117 cm³/mol. The van der Waals surface area contributed by atoms with Gasteiger partial charge in [0.25, 0.3) is 5.91 Å². The molecule has 1 fully saturated rings. The van der Waals surface area contributed by atoms with Crippen molar-refractivity contribution in [3.63, 3.8) is 0 Å². The summed E-state index contributed by atoms with van der Waals surface area (Å²) >= 11 is 0. The Bertz CT molecular complexity index is 904. The number of halogens is 1. The van der Waals surface area contributed by atoms with E-state index in [1.54, 1.807) is 60.5 Å². The highest BCUT2D eigenvalue weighted by molar-refractivity contribution is 6.07. The van der Waals surface area contributed by atoms with Crippen LogP contribution >= 0.6 is 12.4 Å². The van der Waals surface area contributed by atoms with Crippen molar-refractivity contribution in [1.82, 2.24) is 5.32 Å². The van der Waals surface area contributed by atoms with E-state index in [-0.39, 0.29) is 43.1 Å². The second kappa shape index (κ2) is 10.6. The molecule has 2 aromatic carbocycles. The van der Waals surface area contributed by atoms with Gasteiger partial charge < -0.3 is 26.0 Å². The molecule has 1 aliphatic rings. The van der Waals surface area contributed by atoms with Crippen LogP contribution < -0.4 is 26.0 Å². The summed E-state index contributed by atoms with van der Waals surface area (Å²) in [4.78, 5) is 39.1. The lowest BCUT2D eigenvalue weighted by atomic mass is 10.1. The molecule has 8 nitrogen and oxygen atoms in total. The third-order valence-electron chi connectivity index (χ3n) is 4.74. The lowest BCUT2D eigenvalue weighted by Crippen LogP contribution is -2.31. The minimum absolute atomic E-state index is 0. The largest absolute Gasteiger partial charge is 0.497 e. The van der Waals surface area contributed by atoms with Crippen LogP contribution in [0, 0.1) is 5.92 Å². The van der Waals surface area contributed by atoms with Crippen molar-refractivity contribution in [2.75, 3.05) is 37.0 Å². The normalized spacial score (nSPS) is 15.3. The van der Waals surface area contributed by atoms with Crippen LogP contribution in [0.15, 0.2) is 48.5 Å². The second-order valence-corrected chi connectivity index (χ2v) is 6.68. The SMILES string of the molecule is COc1ccc(N2CC(C(=O)Nc3ccccc3C(=O)NCCN)CC2=O)cc1.Cl. The van der Waals surface area contributed by atoms with E-state index >= 15 is 0 Å². The number of anilines is 2. The molecule has 1 aliphatic heterocycles. The molecular formula is C21H25ClN4O4. The summed E-state index contributed by atoms with van der Waals surface area (Å²) in [5.41, 5.74) is 6.89. The summed E-state index contributed by atoms with van der Waals surface area (Å²) in [5, 5.41) is 5.48. The Hall–Kier alpha value is -3.10. The van der Waals surface area contributed by atoms with Gasteiger partial charge in [0.05, 0.1) is 24.3 Å². The Morgan fingerprint density at radius 2 is 1.87 bits per heavy atom. The van der Waals surface area contributed by atoms with Crippen molar-refractivity contribution in [3.8, 4) is 5.75 Å². The van der Waals surface area contributed by atoms with Gasteiger partial charge in [0, 0.05) is 31.7 Å². The van der Waals surface area contributed by atoms with Crippen molar-refractivity contribution in [3.05, 3.63) is 54.1 Å². The number of para-hydroxylation sites is 1. The topological polar surface area (TPSA) is 114 Å². The fourth-order valence-corrected chi connectivity index (χ4v) is 3.20. The average molecular weight is 433 g/mol. The third-order valence-corrected chi connectivity index (χ3v) is 4.74. The molecule has 0 bridgehead atoms. The molecule has 30 heavy (non-hydrogen) atoms. The van der Waals surface area contributed by atoms with E-state index in [1.807, 2.05) is 0 Å². The van der Waals surface area contributed by atoms with Crippen molar-refractivity contribution in [2.24, 2.45) is 11.7 Å². The van der Waals surface area contributed by atoms with Crippen molar-refractivity contribution in [2.45, 2.75) is 6.42 Å². The minimum atomic E-state index is -0.509. The molecule has 2 aromatic rings. The van der Waals surface area contributed by atoms with Crippen LogP contribution in [-0.2, 0) is 9.59 Å². The van der Waals surface area contributed by atoms with Crippen molar-refractivity contribution in [1.29, 1.82) is 0 Å². The van der Waals surface area contributed by atoms with E-state index in [0.717, 1.165) is 0 Å². The first-order valence-electron chi connectivity index (χ1n) is 9.36. The zero-order valence-electron chi connectivity index (χ0n) is 16.6. The van der Waals surface area contributed by atoms with Gasteiger partial charge in [0.2, 0.25) is 11.8 Å². The van der Waals surface area contributed by atoms with Crippen LogP contribution in [0.4, 0.5) is 11.4 Å². The lowest BCUT2D eigenvalue weighted by molar-refractivity contribution is -0.122. The maximum Gasteiger partial charge on any atom is 0.253 e. The first-order valence-corrected chi connectivity index (χ1v) is 9.36. The molecule has 0 saturated carbocycles. The molecule has 0 aromatic heterocycles. The highest BCUT2D eigenvalue weighted by Gasteiger charge is 2.35. The number of carbonyl (C=O) groups excluding carboxylic acids is 3. The summed E-state index contributed by atoms with van der Waals surface area (Å²) in [6, 6.07) is 13.9. The molecule has 1 atom stereocenters. The number of benzene rings is 2. The molecule has 160 valence electrons. The van der Waals surface area contributed by atoms with Gasteiger partial charge in [-0.3, -0.25) is 14.4 Å². The third kappa shape index (κ3) is 5.28. The number of ether oxygens (including phenoxy) is 1. The smallest absolute Gasteiger partial charge is 0.253 e. The number of rotatable bonds is 7. The Morgan fingerprint density at radius 1 is 1.17 bits per heavy atom. The van der Waals surface area contributed by atoms with Crippen LogP contribution in [-0.4, -0.2) is 44.5 Å². The van der Waals surface area contributed by atoms with Gasteiger partial charge in [-0.05, 0) is 36.4 Å². The lowest BCUT2D eigenvalue weighted by Gasteiger charge is -2.17. The van der Waals surface area contributed by atoms with Crippen LogP contribution in [0.5, 0.6) is 5.75 Å². The van der Waals surface area contributed by atoms with E-state index in [9.17, 15) is 14.4 Å². The minimum Gasteiger partial charge on any atom is -0.497 e. The number of hydrogen-bond acceptors (Lipinski definition) is 5. The maximum atomic E-state index is 12.8. The summed E-state index contributed by atoms with van der Waals surface area (Å²) in [6.45, 7) is 0.944. The average Bonchev–Trinajstić information content (AvgIpc) is 3.14. The standard InChI is InChI=1S/C21H24N4O4.ClH/c1-29-16-8-6-15(7-9-16)25-13-14(12-19(25)26)20(27)24-18-5-3-2-4-17(18)21(28)23-11-10-22;/h2-9,14H,10-13,22H2,1H3,(H,23,28)(H,24,27);1H. The van der Waals surface area contributed by atoms with Crippen LogP contribution in [0.25, 0.3) is 0 Å². The number of nitrogens with zero attached hydrogens (tertiary/aromatic N) is 1. The molecule has 1 saturated heterocycles. The van der Waals surface area contributed by atoms with Crippen LogP contribution in [0.2, 0.25) is 0 Å². The van der Waals surface area contributed by atoms with E-state index in [1.165, 1.54) is 0 Å². The molecule has 1 unspecified atom stereocenters. The molecular weight excluding hydrogens is 408 g/mol. The molecule has 1 heterocycles. The number of carbonyl (C=O) groups is 3. The molecule has 3 amide bonds. The van der Waals surface area contributed by atoms with Gasteiger partial charge in [0.1, 0.15) is 5.75 Å². The quantitative estimate of drug-likeness (QED) is 0.617. The molecule has 3 rings (SSSR count). The first kappa shape index (κ1) is 23.2. The second-order valence-electron chi connectivity index (χ2n) is 6.68. The van der Waals surface area contributed by atoms with Crippen LogP contribution in [0.1, 0.15) is 16.8 Å². The molecule has 0 spiro atoms. The van der Waals surface area contributed by atoms with Crippen LogP contribution in [0.3, 0.4) is 0 Å². The van der Waals surface area contributed by atoms with Gasteiger partial charge in [-0.1, -0.05) is 12.1 Å². The molecule has 0 radical (unpaired) electrons. The first-order chi connectivity index (χ1) is 14.0. The monoisotopic (exact) mass is 432 g/mol. The highest BCUT2D eigenvalue weighted by Crippen LogP contribution is 2.28. The van der Waals surface area contributed by atoms with E-state index in [4.69, 9.17) is 10.5 Å². The number of hydrogen-bond donors (Lipinski definition) is 3. The van der Waals surface area contributed by atoms with E-state index < -0.39 is 5.92 Å². The Morgan fingerprint density at radius 3 is 2.53 bits per heavy atom. The summed E-state index contributed by atoms with van der Waals surface area (Å²) in [7, 11) is 1.57. The van der Waals surface area contributed by atoms with Crippen molar-refractivity contribution < 1.29 is 19.1 Å². The number of amides is 3.